The molecule has 228 valence electrons. The predicted octanol–water partition coefficient (Wildman–Crippen LogP) is 12.2. The van der Waals surface area contributed by atoms with Gasteiger partial charge in [0.2, 0.25) is 5.89 Å². The Morgan fingerprint density at radius 2 is 1.21 bits per heavy atom. The van der Waals surface area contributed by atoms with Crippen LogP contribution in [-0.4, -0.2) is 11.0 Å². The number of hydrogen-bond donors (Lipinski definition) is 0. The van der Waals surface area contributed by atoms with Gasteiger partial charge in [0.25, 0.3) is 0 Å². The van der Waals surface area contributed by atoms with E-state index < -0.39 is 0 Å². The lowest BCUT2D eigenvalue weighted by Gasteiger charge is -2.33. The molecule has 0 aliphatic heterocycles. The highest BCUT2D eigenvalue weighted by atomic mass is 16.3. The summed E-state index contributed by atoms with van der Waals surface area (Å²) in [5, 5.41) is 4.77. The average Bonchev–Trinajstić information content (AvgIpc) is 3.61. The van der Waals surface area contributed by atoms with Crippen molar-refractivity contribution in [1.29, 1.82) is 0 Å². The standard InChI is InChI=1S/C45H32N2O/c1-3-12-34(13-4-1)45-46-44-41-18-10-9-17-40(41)42(30-43(44)48-45)33-23-27-39(28-24-33)47(37-15-5-2-6-16-37)38-25-21-32(22-26-38)36-20-19-31-11-7-8-14-35(31)29-36/h1-15,17-30,37H,16H2. The van der Waals surface area contributed by atoms with E-state index in [1.165, 1.54) is 27.6 Å². The molecular weight excluding hydrogens is 585 g/mol. The molecule has 0 saturated heterocycles. The van der Waals surface area contributed by atoms with E-state index in [1.807, 2.05) is 30.3 Å². The van der Waals surface area contributed by atoms with Crippen LogP contribution >= 0.6 is 0 Å². The molecule has 0 amide bonds. The zero-order chi connectivity index (χ0) is 31.9. The van der Waals surface area contributed by atoms with Crippen molar-refractivity contribution in [2.45, 2.75) is 12.5 Å². The molecule has 0 saturated carbocycles. The zero-order valence-electron chi connectivity index (χ0n) is 26.3. The molecule has 0 radical (unpaired) electrons. The molecule has 1 unspecified atom stereocenters. The van der Waals surface area contributed by atoms with E-state index in [0.29, 0.717) is 5.89 Å². The number of hydrogen-bond acceptors (Lipinski definition) is 3. The summed E-state index contributed by atoms with van der Waals surface area (Å²) >= 11 is 0. The topological polar surface area (TPSA) is 29.3 Å². The molecule has 3 nitrogen and oxygen atoms in total. The quantitative estimate of drug-likeness (QED) is 0.186. The minimum atomic E-state index is 0.218. The normalized spacial score (nSPS) is 14.2. The fraction of sp³-hybridized carbons (Fsp3) is 0.0444. The van der Waals surface area contributed by atoms with E-state index in [0.717, 1.165) is 50.7 Å². The number of anilines is 2. The van der Waals surface area contributed by atoms with Crippen LogP contribution in [-0.2, 0) is 0 Å². The summed E-state index contributed by atoms with van der Waals surface area (Å²) in [6, 6.07) is 54.1. The first-order valence-corrected chi connectivity index (χ1v) is 16.5. The van der Waals surface area contributed by atoms with Gasteiger partial charge in [-0.25, -0.2) is 4.98 Å². The monoisotopic (exact) mass is 616 g/mol. The summed E-state index contributed by atoms with van der Waals surface area (Å²) < 4.78 is 6.35. The molecule has 0 bridgehead atoms. The first kappa shape index (κ1) is 28.1. The van der Waals surface area contributed by atoms with E-state index in [2.05, 4.69) is 151 Å². The Kier molecular flexibility index (Phi) is 6.94. The van der Waals surface area contributed by atoms with E-state index >= 15 is 0 Å². The SMILES string of the molecule is C1=CCC(N(c2ccc(-c3ccc4ccccc4c3)cc2)c2ccc(-c3cc4oc(-c5ccccc5)nc4c4ccccc34)cc2)C=C1. The Labute approximate surface area is 279 Å². The number of aromatic nitrogens is 1. The number of benzene rings is 7. The highest BCUT2D eigenvalue weighted by Gasteiger charge is 2.20. The first-order valence-electron chi connectivity index (χ1n) is 16.5. The molecule has 9 rings (SSSR count). The number of allylic oxidation sites excluding steroid dienone is 2. The summed E-state index contributed by atoms with van der Waals surface area (Å²) in [6.07, 6.45) is 9.77. The Hall–Kier alpha value is -6.19. The van der Waals surface area contributed by atoms with Crippen LogP contribution in [0.25, 0.3) is 66.4 Å². The maximum Gasteiger partial charge on any atom is 0.227 e. The Morgan fingerprint density at radius 1 is 0.542 bits per heavy atom. The second-order valence-electron chi connectivity index (χ2n) is 12.3. The predicted molar refractivity (Wildman–Crippen MR) is 201 cm³/mol. The summed E-state index contributed by atoms with van der Waals surface area (Å²) in [6.45, 7) is 0. The third-order valence-corrected chi connectivity index (χ3v) is 9.40. The van der Waals surface area contributed by atoms with Crippen LogP contribution in [0, 0.1) is 0 Å². The van der Waals surface area contributed by atoms with Crippen LogP contribution in [0.3, 0.4) is 0 Å². The minimum absolute atomic E-state index is 0.218. The number of rotatable bonds is 6. The number of oxazole rings is 1. The van der Waals surface area contributed by atoms with Crippen molar-refractivity contribution in [3.63, 3.8) is 0 Å². The van der Waals surface area contributed by atoms with Gasteiger partial charge >= 0.3 is 0 Å². The molecule has 1 aliphatic rings. The van der Waals surface area contributed by atoms with Gasteiger partial charge in [-0.15, -0.1) is 0 Å². The van der Waals surface area contributed by atoms with E-state index in [9.17, 15) is 0 Å². The van der Waals surface area contributed by atoms with Gasteiger partial charge in [0.15, 0.2) is 5.58 Å². The molecule has 48 heavy (non-hydrogen) atoms. The number of fused-ring (bicyclic) bond motifs is 4. The molecule has 0 fully saturated rings. The van der Waals surface area contributed by atoms with E-state index in [-0.39, 0.29) is 6.04 Å². The van der Waals surface area contributed by atoms with Crippen LogP contribution in [0.2, 0.25) is 0 Å². The summed E-state index contributed by atoms with van der Waals surface area (Å²) in [5.41, 5.74) is 9.68. The fourth-order valence-corrected chi connectivity index (χ4v) is 6.98. The van der Waals surface area contributed by atoms with Gasteiger partial charge in [0, 0.05) is 22.3 Å². The van der Waals surface area contributed by atoms with Crippen molar-refractivity contribution >= 4 is 44.0 Å². The van der Waals surface area contributed by atoms with Crippen molar-refractivity contribution in [2.24, 2.45) is 0 Å². The van der Waals surface area contributed by atoms with Gasteiger partial charge in [-0.1, -0.05) is 127 Å². The Morgan fingerprint density at radius 3 is 1.96 bits per heavy atom. The number of nitrogens with zero attached hydrogens (tertiary/aromatic N) is 2. The van der Waals surface area contributed by atoms with Crippen molar-refractivity contribution in [3.8, 4) is 33.7 Å². The molecule has 1 heterocycles. The first-order chi connectivity index (χ1) is 23.8. The Bertz CT molecular complexity index is 2470. The van der Waals surface area contributed by atoms with Gasteiger partial charge in [-0.05, 0) is 93.4 Å². The van der Waals surface area contributed by atoms with Crippen molar-refractivity contribution in [1.82, 2.24) is 4.98 Å². The summed E-state index contributed by atoms with van der Waals surface area (Å²) in [4.78, 5) is 7.36. The molecular formula is C45H32N2O. The summed E-state index contributed by atoms with van der Waals surface area (Å²) in [5.74, 6) is 0.639. The van der Waals surface area contributed by atoms with Gasteiger partial charge < -0.3 is 9.32 Å². The molecule has 3 heteroatoms. The molecule has 1 aromatic heterocycles. The van der Waals surface area contributed by atoms with Crippen molar-refractivity contribution in [3.05, 3.63) is 176 Å². The molecule has 0 spiro atoms. The van der Waals surface area contributed by atoms with Crippen molar-refractivity contribution < 1.29 is 4.42 Å². The van der Waals surface area contributed by atoms with Crippen LogP contribution in [0.1, 0.15) is 6.42 Å². The lowest BCUT2D eigenvalue weighted by molar-refractivity contribution is 0.620. The largest absolute Gasteiger partial charge is 0.436 e. The maximum atomic E-state index is 6.35. The molecule has 8 aromatic rings. The fourth-order valence-electron chi connectivity index (χ4n) is 6.98. The third-order valence-electron chi connectivity index (χ3n) is 9.40. The van der Waals surface area contributed by atoms with Crippen LogP contribution in [0.15, 0.2) is 180 Å². The second kappa shape index (κ2) is 11.9. The highest BCUT2D eigenvalue weighted by Crippen LogP contribution is 2.39. The van der Waals surface area contributed by atoms with Crippen LogP contribution in [0.4, 0.5) is 11.4 Å². The van der Waals surface area contributed by atoms with E-state index in [4.69, 9.17) is 9.40 Å². The van der Waals surface area contributed by atoms with Gasteiger partial charge in [0.05, 0.1) is 6.04 Å². The molecule has 1 aliphatic carbocycles. The van der Waals surface area contributed by atoms with Crippen molar-refractivity contribution in [2.75, 3.05) is 4.90 Å². The lowest BCUT2D eigenvalue weighted by Crippen LogP contribution is -2.29. The highest BCUT2D eigenvalue weighted by molar-refractivity contribution is 6.11. The smallest absolute Gasteiger partial charge is 0.227 e. The van der Waals surface area contributed by atoms with E-state index in [1.54, 1.807) is 0 Å². The van der Waals surface area contributed by atoms with Crippen LogP contribution in [0.5, 0.6) is 0 Å². The van der Waals surface area contributed by atoms with Gasteiger partial charge in [0.1, 0.15) is 5.52 Å². The molecule has 7 aromatic carbocycles. The zero-order valence-corrected chi connectivity index (χ0v) is 26.3. The second-order valence-corrected chi connectivity index (χ2v) is 12.3. The average molecular weight is 617 g/mol. The Balaban J connectivity index is 1.09. The molecule has 0 N–H and O–H groups in total. The maximum absolute atomic E-state index is 6.35. The van der Waals surface area contributed by atoms with Crippen LogP contribution < -0.4 is 4.90 Å². The van der Waals surface area contributed by atoms with Gasteiger partial charge in [-0.2, -0.15) is 0 Å². The minimum Gasteiger partial charge on any atom is -0.436 e. The third kappa shape index (κ3) is 5.06. The lowest BCUT2D eigenvalue weighted by atomic mass is 9.96. The summed E-state index contributed by atoms with van der Waals surface area (Å²) in [7, 11) is 0. The molecule has 1 atom stereocenters. The van der Waals surface area contributed by atoms with Gasteiger partial charge in [-0.3, -0.25) is 0 Å².